The molecule has 4 nitrogen and oxygen atoms in total. The van der Waals surface area contributed by atoms with Crippen molar-refractivity contribution in [2.24, 2.45) is 0 Å². The second-order valence-electron chi connectivity index (χ2n) is 3.68. The minimum atomic E-state index is -1.40. The summed E-state index contributed by atoms with van der Waals surface area (Å²) in [6.07, 6.45) is 0. The maximum Gasteiger partial charge on any atom is 0.394 e. The fraction of sp³-hybridized carbons (Fsp3) is 0.273. The van der Waals surface area contributed by atoms with Crippen LogP contribution in [0.25, 0.3) is 0 Å². The molecule has 1 aromatic rings. The van der Waals surface area contributed by atoms with Gasteiger partial charge in [-0.1, -0.05) is 25.1 Å². The molecule has 1 aromatic carbocycles. The minimum Gasteiger partial charge on any atom is -0.474 e. The van der Waals surface area contributed by atoms with Gasteiger partial charge in [-0.3, -0.25) is 4.79 Å². The summed E-state index contributed by atoms with van der Waals surface area (Å²) in [4.78, 5) is 23.3. The SMILES string of the molecule is CC1CN(C(=O)C(=O)O)c2ccccc21. The van der Waals surface area contributed by atoms with Crippen LogP contribution in [0.2, 0.25) is 0 Å². The van der Waals surface area contributed by atoms with Crippen molar-refractivity contribution in [3.05, 3.63) is 29.8 Å². The van der Waals surface area contributed by atoms with Crippen LogP contribution in [0, 0.1) is 0 Å². The van der Waals surface area contributed by atoms with Crippen LogP contribution in [0.1, 0.15) is 18.4 Å². The molecule has 0 saturated carbocycles. The Bertz CT molecular complexity index is 428. The number of carboxylic acids is 1. The zero-order chi connectivity index (χ0) is 11.0. The van der Waals surface area contributed by atoms with Gasteiger partial charge in [-0.2, -0.15) is 0 Å². The molecule has 1 unspecified atom stereocenters. The first-order valence-electron chi connectivity index (χ1n) is 4.75. The van der Waals surface area contributed by atoms with Gasteiger partial charge in [0.1, 0.15) is 0 Å². The second-order valence-corrected chi connectivity index (χ2v) is 3.68. The molecule has 1 N–H and O–H groups in total. The van der Waals surface area contributed by atoms with E-state index in [-0.39, 0.29) is 5.92 Å². The number of hydrogen-bond donors (Lipinski definition) is 1. The molecular formula is C11H11NO3. The standard InChI is InChI=1S/C11H11NO3/c1-7-6-12(10(13)11(14)15)9-5-3-2-4-8(7)9/h2-5,7H,6H2,1H3,(H,14,15). The first-order chi connectivity index (χ1) is 7.11. The molecule has 0 aromatic heterocycles. The lowest BCUT2D eigenvalue weighted by Crippen LogP contribution is -2.35. The summed E-state index contributed by atoms with van der Waals surface area (Å²) in [5.74, 6) is -2.06. The van der Waals surface area contributed by atoms with E-state index in [1.165, 1.54) is 4.90 Å². The van der Waals surface area contributed by atoms with Gasteiger partial charge in [0.05, 0.1) is 0 Å². The highest BCUT2D eigenvalue weighted by atomic mass is 16.4. The number of anilines is 1. The summed E-state index contributed by atoms with van der Waals surface area (Å²) in [7, 11) is 0. The predicted molar refractivity (Wildman–Crippen MR) is 54.8 cm³/mol. The van der Waals surface area contributed by atoms with Gasteiger partial charge in [0.15, 0.2) is 0 Å². The van der Waals surface area contributed by atoms with Gasteiger partial charge in [0.25, 0.3) is 0 Å². The van der Waals surface area contributed by atoms with Crippen LogP contribution in [0.5, 0.6) is 0 Å². The number of para-hydroxylation sites is 1. The number of benzene rings is 1. The van der Waals surface area contributed by atoms with Crippen LogP contribution in [0.15, 0.2) is 24.3 Å². The molecular weight excluding hydrogens is 194 g/mol. The van der Waals surface area contributed by atoms with Crippen LogP contribution >= 0.6 is 0 Å². The highest BCUT2D eigenvalue weighted by molar-refractivity contribution is 6.37. The molecule has 15 heavy (non-hydrogen) atoms. The van der Waals surface area contributed by atoms with Crippen LogP contribution in [0.4, 0.5) is 5.69 Å². The van der Waals surface area contributed by atoms with Gasteiger partial charge in [0.2, 0.25) is 0 Å². The third-order valence-electron chi connectivity index (χ3n) is 2.64. The normalized spacial score (nSPS) is 18.7. The molecule has 0 aliphatic carbocycles. The fourth-order valence-electron chi connectivity index (χ4n) is 1.93. The number of amides is 1. The molecule has 1 aliphatic heterocycles. The monoisotopic (exact) mass is 205 g/mol. The Labute approximate surface area is 87.1 Å². The lowest BCUT2D eigenvalue weighted by molar-refractivity contribution is -0.148. The van der Waals surface area contributed by atoms with Gasteiger partial charge in [-0.25, -0.2) is 4.79 Å². The highest BCUT2D eigenvalue weighted by Gasteiger charge is 2.32. The van der Waals surface area contributed by atoms with Crippen molar-refractivity contribution in [1.29, 1.82) is 0 Å². The molecule has 1 atom stereocenters. The quantitative estimate of drug-likeness (QED) is 0.648. The van der Waals surface area contributed by atoms with E-state index in [1.54, 1.807) is 12.1 Å². The van der Waals surface area contributed by atoms with E-state index in [4.69, 9.17) is 5.11 Å². The summed E-state index contributed by atoms with van der Waals surface area (Å²) < 4.78 is 0. The van der Waals surface area contributed by atoms with Gasteiger partial charge in [0, 0.05) is 18.2 Å². The Morgan fingerprint density at radius 2 is 2.07 bits per heavy atom. The topological polar surface area (TPSA) is 57.6 Å². The summed E-state index contributed by atoms with van der Waals surface area (Å²) in [5, 5.41) is 8.66. The average molecular weight is 205 g/mol. The Morgan fingerprint density at radius 3 is 2.73 bits per heavy atom. The van der Waals surface area contributed by atoms with Gasteiger partial charge >= 0.3 is 11.9 Å². The van der Waals surface area contributed by atoms with Crippen molar-refractivity contribution in [3.63, 3.8) is 0 Å². The van der Waals surface area contributed by atoms with Crippen LogP contribution in [-0.2, 0) is 9.59 Å². The number of aliphatic carboxylic acids is 1. The molecule has 78 valence electrons. The third kappa shape index (κ3) is 1.48. The smallest absolute Gasteiger partial charge is 0.394 e. The Hall–Kier alpha value is -1.84. The zero-order valence-electron chi connectivity index (χ0n) is 8.30. The van der Waals surface area contributed by atoms with Crippen LogP contribution in [0.3, 0.4) is 0 Å². The van der Waals surface area contributed by atoms with Crippen molar-refractivity contribution >= 4 is 17.6 Å². The lowest BCUT2D eigenvalue weighted by atomic mass is 10.0. The molecule has 0 spiro atoms. The summed E-state index contributed by atoms with van der Waals surface area (Å²) in [6, 6.07) is 7.40. The van der Waals surface area contributed by atoms with E-state index in [9.17, 15) is 9.59 Å². The Kier molecular flexibility index (Phi) is 2.19. The van der Waals surface area contributed by atoms with Gasteiger partial charge in [-0.15, -0.1) is 0 Å². The largest absolute Gasteiger partial charge is 0.474 e. The second kappa shape index (κ2) is 3.38. The van der Waals surface area contributed by atoms with E-state index in [2.05, 4.69) is 0 Å². The van der Waals surface area contributed by atoms with Crippen molar-refractivity contribution in [3.8, 4) is 0 Å². The number of nitrogens with zero attached hydrogens (tertiary/aromatic N) is 1. The number of hydrogen-bond acceptors (Lipinski definition) is 2. The van der Waals surface area contributed by atoms with Crippen molar-refractivity contribution in [1.82, 2.24) is 0 Å². The number of rotatable bonds is 0. The Balaban J connectivity index is 2.41. The van der Waals surface area contributed by atoms with Crippen molar-refractivity contribution in [2.75, 3.05) is 11.4 Å². The van der Waals surface area contributed by atoms with Crippen molar-refractivity contribution < 1.29 is 14.7 Å². The zero-order valence-corrected chi connectivity index (χ0v) is 8.30. The van der Waals surface area contributed by atoms with Crippen LogP contribution < -0.4 is 4.90 Å². The maximum atomic E-state index is 11.4. The minimum absolute atomic E-state index is 0.199. The van der Waals surface area contributed by atoms with E-state index in [0.29, 0.717) is 6.54 Å². The molecule has 0 radical (unpaired) electrons. The summed E-state index contributed by atoms with van der Waals surface area (Å²) >= 11 is 0. The molecule has 0 bridgehead atoms. The first-order valence-corrected chi connectivity index (χ1v) is 4.75. The molecule has 4 heteroatoms. The number of carbonyl (C=O) groups excluding carboxylic acids is 1. The molecule has 1 heterocycles. The van der Waals surface area contributed by atoms with Gasteiger partial charge < -0.3 is 10.0 Å². The lowest BCUT2D eigenvalue weighted by Gasteiger charge is -2.14. The first kappa shape index (κ1) is 9.71. The van der Waals surface area contributed by atoms with E-state index < -0.39 is 11.9 Å². The highest BCUT2D eigenvalue weighted by Crippen LogP contribution is 2.35. The molecule has 0 fully saturated rings. The van der Waals surface area contributed by atoms with Crippen LogP contribution in [-0.4, -0.2) is 23.5 Å². The molecule has 2 rings (SSSR count). The molecule has 0 saturated heterocycles. The third-order valence-corrected chi connectivity index (χ3v) is 2.64. The van der Waals surface area contributed by atoms with Gasteiger partial charge in [-0.05, 0) is 11.6 Å². The van der Waals surface area contributed by atoms with E-state index >= 15 is 0 Å². The number of fused-ring (bicyclic) bond motifs is 1. The molecule has 1 aliphatic rings. The molecule has 1 amide bonds. The maximum absolute atomic E-state index is 11.4. The Morgan fingerprint density at radius 1 is 1.40 bits per heavy atom. The summed E-state index contributed by atoms with van der Waals surface area (Å²) in [5.41, 5.74) is 1.75. The predicted octanol–water partition coefficient (Wildman–Crippen LogP) is 1.22. The number of carboxylic acid groups (broad SMARTS) is 1. The van der Waals surface area contributed by atoms with E-state index in [0.717, 1.165) is 11.3 Å². The summed E-state index contributed by atoms with van der Waals surface area (Å²) in [6.45, 7) is 2.43. The van der Waals surface area contributed by atoms with Crippen molar-refractivity contribution in [2.45, 2.75) is 12.8 Å². The fourth-order valence-corrected chi connectivity index (χ4v) is 1.93. The van der Waals surface area contributed by atoms with E-state index in [1.807, 2.05) is 19.1 Å². The average Bonchev–Trinajstić information content (AvgIpc) is 2.56. The number of carbonyl (C=O) groups is 2.